The summed E-state index contributed by atoms with van der Waals surface area (Å²) >= 11 is 6.80. The molecule has 0 saturated heterocycles. The van der Waals surface area contributed by atoms with Crippen LogP contribution in [-0.2, 0) is 18.0 Å². The minimum absolute atomic E-state index is 0.0711. The molecular formula is C44H34Br2F4N6O5. The molecule has 61 heavy (non-hydrogen) atoms. The lowest BCUT2D eigenvalue weighted by atomic mass is 10.0. The number of tetrazole rings is 1. The zero-order chi connectivity index (χ0) is 43.6. The molecule has 0 fully saturated rings. The lowest BCUT2D eigenvalue weighted by molar-refractivity contribution is -0.117. The van der Waals surface area contributed by atoms with Gasteiger partial charge in [-0.25, -0.2) is 17.6 Å². The number of rotatable bonds is 14. The van der Waals surface area contributed by atoms with Crippen LogP contribution in [-0.4, -0.2) is 42.7 Å². The van der Waals surface area contributed by atoms with Crippen molar-refractivity contribution >= 4 is 55.3 Å². The molecule has 7 rings (SSSR count). The number of halogens is 6. The Hall–Kier alpha value is -6.46. The van der Waals surface area contributed by atoms with Crippen LogP contribution >= 0.6 is 31.9 Å². The predicted molar refractivity (Wildman–Crippen MR) is 226 cm³/mol. The standard InChI is InChI=1S/C26H19BrF2N6O2.C18H15BrF2O3/c1-15-5-9-23(35(15)20-4-2-3-16(11-20)25(36)30-26-31-33-34-32-26)21-12-18(27)7-10-24(21)37-14-17-6-8-19(28)13-22(17)29;1-11(22)2-6-17(23)15-8-13(19)4-7-18(15)24-10-12-3-5-14(20)9-16(12)21/h2-13H,14H2,1H3,(H2,30,31,32,33,34,36);3-5,7-9H,2,6,10H2,1H3. The number of benzene rings is 5. The molecule has 2 heterocycles. The lowest BCUT2D eigenvalue weighted by Crippen LogP contribution is -2.13. The summed E-state index contributed by atoms with van der Waals surface area (Å²) in [6.45, 7) is 3.15. The van der Waals surface area contributed by atoms with Gasteiger partial charge >= 0.3 is 0 Å². The fraction of sp³-hybridized carbons (Fsp3) is 0.136. The quantitative estimate of drug-likeness (QED) is 0.0811. The fourth-order valence-corrected chi connectivity index (χ4v) is 6.68. The van der Waals surface area contributed by atoms with E-state index in [1.807, 2.05) is 41.8 Å². The van der Waals surface area contributed by atoms with E-state index in [0.717, 1.165) is 45.3 Å². The summed E-state index contributed by atoms with van der Waals surface area (Å²) in [5.74, 6) is -2.52. The number of ketones is 2. The maximum absolute atomic E-state index is 14.2. The number of amides is 1. The molecule has 0 radical (unpaired) electrons. The van der Waals surface area contributed by atoms with Crippen molar-refractivity contribution in [2.75, 3.05) is 5.32 Å². The van der Waals surface area contributed by atoms with E-state index in [-0.39, 0.29) is 66.4 Å². The lowest BCUT2D eigenvalue weighted by Gasteiger charge is -2.17. The minimum atomic E-state index is -0.712. The van der Waals surface area contributed by atoms with Crippen molar-refractivity contribution < 1.29 is 41.4 Å². The zero-order valence-corrected chi connectivity index (χ0v) is 35.5. The largest absolute Gasteiger partial charge is 0.488 e. The summed E-state index contributed by atoms with van der Waals surface area (Å²) in [5, 5.41) is 15.8. The third kappa shape index (κ3) is 11.6. The second-order valence-corrected chi connectivity index (χ2v) is 15.2. The Kier molecular flexibility index (Phi) is 14.6. The number of nitrogens with one attached hydrogen (secondary N) is 2. The number of H-pyrrole nitrogens is 1. The van der Waals surface area contributed by atoms with Crippen molar-refractivity contribution in [3.63, 3.8) is 0 Å². The number of aromatic amines is 1. The first kappa shape index (κ1) is 44.1. The van der Waals surface area contributed by atoms with Crippen molar-refractivity contribution in [1.29, 1.82) is 0 Å². The molecule has 11 nitrogen and oxygen atoms in total. The summed E-state index contributed by atoms with van der Waals surface area (Å²) < 4.78 is 69.1. The fourth-order valence-electron chi connectivity index (χ4n) is 5.95. The van der Waals surface area contributed by atoms with Crippen LogP contribution in [0.1, 0.15) is 57.3 Å². The highest BCUT2D eigenvalue weighted by molar-refractivity contribution is 9.10. The molecule has 7 aromatic rings. The van der Waals surface area contributed by atoms with Gasteiger partial charge in [0.25, 0.3) is 11.9 Å². The molecule has 2 aromatic heterocycles. The van der Waals surface area contributed by atoms with Crippen LogP contribution in [0.15, 0.2) is 118 Å². The molecule has 5 aromatic carbocycles. The molecule has 312 valence electrons. The van der Waals surface area contributed by atoms with Crippen LogP contribution in [0.25, 0.3) is 16.9 Å². The van der Waals surface area contributed by atoms with Gasteiger partial charge in [-0.3, -0.25) is 14.9 Å². The highest BCUT2D eigenvalue weighted by Crippen LogP contribution is 2.36. The van der Waals surface area contributed by atoms with Crippen molar-refractivity contribution in [2.45, 2.75) is 39.9 Å². The molecule has 0 unspecified atom stereocenters. The summed E-state index contributed by atoms with van der Waals surface area (Å²) in [6, 6.07) is 28.0. The summed E-state index contributed by atoms with van der Waals surface area (Å²) in [5.41, 5.74) is 4.33. The Morgan fingerprint density at radius 3 is 2.00 bits per heavy atom. The number of aryl methyl sites for hydroxylation is 1. The molecule has 0 bridgehead atoms. The van der Waals surface area contributed by atoms with Gasteiger partial charge in [-0.1, -0.05) is 43.0 Å². The van der Waals surface area contributed by atoms with Gasteiger partial charge in [-0.2, -0.15) is 5.21 Å². The molecular weight excluding hydrogens is 928 g/mol. The van der Waals surface area contributed by atoms with E-state index in [0.29, 0.717) is 21.3 Å². The molecule has 17 heteroatoms. The Bertz CT molecular complexity index is 2710. The first-order valence-electron chi connectivity index (χ1n) is 18.3. The van der Waals surface area contributed by atoms with Crippen molar-refractivity contribution in [1.82, 2.24) is 25.2 Å². The van der Waals surface area contributed by atoms with Gasteiger partial charge in [0.15, 0.2) is 5.78 Å². The van der Waals surface area contributed by atoms with E-state index in [9.17, 15) is 31.9 Å². The first-order valence-corrected chi connectivity index (χ1v) is 19.9. The number of carbonyl (C=O) groups excluding carboxylic acids is 3. The summed E-state index contributed by atoms with van der Waals surface area (Å²) in [4.78, 5) is 36.0. The van der Waals surface area contributed by atoms with Gasteiger partial charge < -0.3 is 18.8 Å². The molecule has 0 atom stereocenters. The van der Waals surface area contributed by atoms with Crippen molar-refractivity contribution in [3.05, 3.63) is 169 Å². The second kappa shape index (κ2) is 20.2. The number of hydrogen-bond acceptors (Lipinski definition) is 8. The molecule has 0 aliphatic carbocycles. The van der Waals surface area contributed by atoms with Crippen molar-refractivity contribution in [3.8, 4) is 28.4 Å². The van der Waals surface area contributed by atoms with Crippen LogP contribution in [0.5, 0.6) is 11.5 Å². The Labute approximate surface area is 363 Å². The minimum Gasteiger partial charge on any atom is -0.488 e. The maximum atomic E-state index is 14.2. The number of carbonyl (C=O) groups is 3. The highest BCUT2D eigenvalue weighted by atomic mass is 79.9. The van der Waals surface area contributed by atoms with Gasteiger partial charge in [0, 0.05) is 67.6 Å². The Morgan fingerprint density at radius 1 is 0.738 bits per heavy atom. The van der Waals surface area contributed by atoms with E-state index in [1.165, 1.54) is 25.1 Å². The van der Waals surface area contributed by atoms with Gasteiger partial charge in [-0.05, 0) is 110 Å². The molecule has 0 aliphatic heterocycles. The second-order valence-electron chi connectivity index (χ2n) is 13.4. The number of hydrogen-bond donors (Lipinski definition) is 2. The normalized spacial score (nSPS) is 10.8. The van der Waals surface area contributed by atoms with E-state index in [1.54, 1.807) is 42.5 Å². The molecule has 1 amide bonds. The topological polar surface area (TPSA) is 141 Å². The first-order chi connectivity index (χ1) is 29.2. The van der Waals surface area contributed by atoms with E-state index < -0.39 is 23.3 Å². The zero-order valence-electron chi connectivity index (χ0n) is 32.3. The number of ether oxygens (including phenoxy) is 2. The number of aromatic nitrogens is 5. The Morgan fingerprint density at radius 2 is 1.38 bits per heavy atom. The van der Waals surface area contributed by atoms with Crippen LogP contribution in [0.2, 0.25) is 0 Å². The smallest absolute Gasteiger partial charge is 0.270 e. The average molecular weight is 963 g/mol. The summed E-state index contributed by atoms with van der Waals surface area (Å²) in [7, 11) is 0. The average Bonchev–Trinajstić information content (AvgIpc) is 3.89. The molecule has 0 aliphatic rings. The third-order valence-electron chi connectivity index (χ3n) is 8.97. The van der Waals surface area contributed by atoms with Gasteiger partial charge in [0.1, 0.15) is 53.8 Å². The highest BCUT2D eigenvalue weighted by Gasteiger charge is 2.18. The summed E-state index contributed by atoms with van der Waals surface area (Å²) in [6.07, 6.45) is 0.227. The van der Waals surface area contributed by atoms with Crippen LogP contribution < -0.4 is 14.8 Å². The van der Waals surface area contributed by atoms with Gasteiger partial charge in [0.2, 0.25) is 0 Å². The van der Waals surface area contributed by atoms with Gasteiger partial charge in [-0.15, -0.1) is 5.10 Å². The van der Waals surface area contributed by atoms with Crippen LogP contribution in [0, 0.1) is 30.2 Å². The molecule has 2 N–H and O–H groups in total. The molecule has 0 saturated carbocycles. The van der Waals surface area contributed by atoms with Crippen molar-refractivity contribution in [2.24, 2.45) is 0 Å². The SMILES string of the molecule is CC(=O)CCC(=O)c1cc(Br)ccc1OCc1ccc(F)cc1F.Cc1ccc(-c2cc(Br)ccc2OCc2ccc(F)cc2F)n1-c1cccc(C(=O)Nc2nn[nH]n2)c1. The predicted octanol–water partition coefficient (Wildman–Crippen LogP) is 10.7. The maximum Gasteiger partial charge on any atom is 0.270 e. The van der Waals surface area contributed by atoms with Gasteiger partial charge in [0.05, 0.1) is 11.3 Å². The van der Waals surface area contributed by atoms with E-state index >= 15 is 0 Å². The molecule has 0 spiro atoms. The monoisotopic (exact) mass is 960 g/mol. The number of nitrogens with zero attached hydrogens (tertiary/aromatic N) is 4. The number of anilines is 1. The van der Waals surface area contributed by atoms with Crippen LogP contribution in [0.4, 0.5) is 23.5 Å². The third-order valence-corrected chi connectivity index (χ3v) is 9.96. The van der Waals surface area contributed by atoms with E-state index in [2.05, 4.69) is 57.8 Å². The number of Topliss-reactive ketones (excluding diaryl/α,β-unsaturated/α-hetero) is 2. The van der Waals surface area contributed by atoms with Crippen LogP contribution in [0.3, 0.4) is 0 Å². The van der Waals surface area contributed by atoms with E-state index in [4.69, 9.17) is 9.47 Å². The Balaban J connectivity index is 0.000000225.